The molecule has 1 aromatic rings. The van der Waals surface area contributed by atoms with Crippen molar-refractivity contribution in [2.75, 3.05) is 13.1 Å². The minimum absolute atomic E-state index is 0.0455. The van der Waals surface area contributed by atoms with E-state index in [0.29, 0.717) is 18.0 Å². The molecule has 1 aromatic carbocycles. The Kier molecular flexibility index (Phi) is 3.97. The lowest BCUT2D eigenvalue weighted by molar-refractivity contribution is 0.471. The SMILES string of the molecule is Cc1ccc(C(C)(C)C)cc1S(=O)(=O)N1CC[C@H](N)C1. The Morgan fingerprint density at radius 2 is 1.95 bits per heavy atom. The van der Waals surface area contributed by atoms with Crippen molar-refractivity contribution in [3.63, 3.8) is 0 Å². The van der Waals surface area contributed by atoms with Crippen LogP contribution in [0.15, 0.2) is 23.1 Å². The van der Waals surface area contributed by atoms with Gasteiger partial charge in [-0.3, -0.25) is 0 Å². The highest BCUT2D eigenvalue weighted by atomic mass is 32.2. The summed E-state index contributed by atoms with van der Waals surface area (Å²) in [5.41, 5.74) is 7.58. The fraction of sp³-hybridized carbons (Fsp3) is 0.600. The van der Waals surface area contributed by atoms with Crippen LogP contribution in [-0.4, -0.2) is 31.9 Å². The number of hydrogen-bond donors (Lipinski definition) is 1. The molecule has 1 saturated heterocycles. The van der Waals surface area contributed by atoms with Crippen LogP contribution < -0.4 is 5.73 Å². The van der Waals surface area contributed by atoms with Gasteiger partial charge in [-0.05, 0) is 36.0 Å². The Hall–Kier alpha value is -0.910. The third kappa shape index (κ3) is 2.90. The van der Waals surface area contributed by atoms with Crippen LogP contribution in [0.3, 0.4) is 0 Å². The molecule has 4 nitrogen and oxygen atoms in total. The maximum Gasteiger partial charge on any atom is 0.243 e. The van der Waals surface area contributed by atoms with Gasteiger partial charge in [0.2, 0.25) is 10.0 Å². The van der Waals surface area contributed by atoms with E-state index in [2.05, 4.69) is 20.8 Å². The lowest BCUT2D eigenvalue weighted by Gasteiger charge is -2.23. The second kappa shape index (κ2) is 5.13. The van der Waals surface area contributed by atoms with Crippen molar-refractivity contribution >= 4 is 10.0 Å². The zero-order chi connectivity index (χ0) is 15.1. The van der Waals surface area contributed by atoms with Crippen molar-refractivity contribution in [1.29, 1.82) is 0 Å². The second-order valence-corrected chi connectivity index (χ2v) is 8.55. The van der Waals surface area contributed by atoms with Gasteiger partial charge in [0.15, 0.2) is 0 Å². The van der Waals surface area contributed by atoms with Gasteiger partial charge in [0.25, 0.3) is 0 Å². The topological polar surface area (TPSA) is 63.4 Å². The molecule has 0 bridgehead atoms. The van der Waals surface area contributed by atoms with E-state index in [1.807, 2.05) is 25.1 Å². The minimum atomic E-state index is -3.43. The fourth-order valence-electron chi connectivity index (χ4n) is 2.46. The van der Waals surface area contributed by atoms with Crippen LogP contribution >= 0.6 is 0 Å². The summed E-state index contributed by atoms with van der Waals surface area (Å²) >= 11 is 0. The molecular weight excluding hydrogens is 272 g/mol. The van der Waals surface area contributed by atoms with E-state index in [1.165, 1.54) is 4.31 Å². The van der Waals surface area contributed by atoms with Crippen LogP contribution in [0, 0.1) is 6.92 Å². The standard InChI is InChI=1S/C15H24N2O2S/c1-11-5-6-12(15(2,3)4)9-14(11)20(18,19)17-8-7-13(16)10-17/h5-6,9,13H,7-8,10,16H2,1-4H3/t13-/m0/s1. The molecule has 0 unspecified atom stereocenters. The number of hydrogen-bond acceptors (Lipinski definition) is 3. The van der Waals surface area contributed by atoms with Gasteiger partial charge in [-0.25, -0.2) is 8.42 Å². The van der Waals surface area contributed by atoms with Crippen LogP contribution in [0.25, 0.3) is 0 Å². The lowest BCUT2D eigenvalue weighted by Crippen LogP contribution is -2.32. The van der Waals surface area contributed by atoms with Gasteiger partial charge in [-0.2, -0.15) is 4.31 Å². The molecule has 1 aliphatic rings. The van der Waals surface area contributed by atoms with Gasteiger partial charge in [0, 0.05) is 19.1 Å². The molecule has 20 heavy (non-hydrogen) atoms. The maximum atomic E-state index is 12.8. The molecule has 112 valence electrons. The molecular formula is C15H24N2O2S. The molecule has 0 spiro atoms. The second-order valence-electron chi connectivity index (χ2n) is 6.64. The van der Waals surface area contributed by atoms with E-state index < -0.39 is 10.0 Å². The molecule has 0 aromatic heterocycles. The van der Waals surface area contributed by atoms with Gasteiger partial charge in [-0.1, -0.05) is 32.9 Å². The lowest BCUT2D eigenvalue weighted by atomic mass is 9.87. The summed E-state index contributed by atoms with van der Waals surface area (Å²) in [6, 6.07) is 5.66. The molecule has 2 rings (SSSR count). The number of rotatable bonds is 2. The van der Waals surface area contributed by atoms with Gasteiger partial charge >= 0.3 is 0 Å². The zero-order valence-corrected chi connectivity index (χ0v) is 13.5. The molecule has 0 radical (unpaired) electrons. The van der Waals surface area contributed by atoms with Gasteiger partial charge in [0.1, 0.15) is 0 Å². The smallest absolute Gasteiger partial charge is 0.243 e. The van der Waals surface area contributed by atoms with E-state index in [9.17, 15) is 8.42 Å². The first-order valence-corrected chi connectivity index (χ1v) is 8.43. The van der Waals surface area contributed by atoms with Crippen molar-refractivity contribution in [2.45, 2.75) is 50.5 Å². The van der Waals surface area contributed by atoms with Crippen LogP contribution in [-0.2, 0) is 15.4 Å². The molecule has 0 aliphatic carbocycles. The quantitative estimate of drug-likeness (QED) is 0.908. The predicted octanol–water partition coefficient (Wildman–Crippen LogP) is 2.01. The molecule has 1 heterocycles. The van der Waals surface area contributed by atoms with Crippen LogP contribution in [0.4, 0.5) is 0 Å². The number of nitrogens with zero attached hydrogens (tertiary/aromatic N) is 1. The molecule has 1 fully saturated rings. The Balaban J connectivity index is 2.46. The predicted molar refractivity (Wildman–Crippen MR) is 81.2 cm³/mol. The van der Waals surface area contributed by atoms with Gasteiger partial charge in [-0.15, -0.1) is 0 Å². The summed E-state index contributed by atoms with van der Waals surface area (Å²) < 4.78 is 27.0. The number of nitrogens with two attached hydrogens (primary N) is 1. The Labute approximate surface area is 122 Å². The van der Waals surface area contributed by atoms with Gasteiger partial charge in [0.05, 0.1) is 4.90 Å². The largest absolute Gasteiger partial charge is 0.326 e. The van der Waals surface area contributed by atoms with E-state index in [1.54, 1.807) is 0 Å². The third-order valence-corrected chi connectivity index (χ3v) is 5.87. The monoisotopic (exact) mass is 296 g/mol. The summed E-state index contributed by atoms with van der Waals surface area (Å²) in [5.74, 6) is 0. The average molecular weight is 296 g/mol. The minimum Gasteiger partial charge on any atom is -0.326 e. The number of aryl methyl sites for hydroxylation is 1. The zero-order valence-electron chi connectivity index (χ0n) is 12.7. The molecule has 0 saturated carbocycles. The Bertz CT molecular complexity index is 603. The fourth-order valence-corrected chi connectivity index (χ4v) is 4.22. The van der Waals surface area contributed by atoms with Crippen molar-refractivity contribution in [3.05, 3.63) is 29.3 Å². The molecule has 0 amide bonds. The van der Waals surface area contributed by atoms with E-state index >= 15 is 0 Å². The normalized spacial score (nSPS) is 21.4. The highest BCUT2D eigenvalue weighted by Crippen LogP contribution is 2.29. The first kappa shape index (κ1) is 15.5. The van der Waals surface area contributed by atoms with Crippen molar-refractivity contribution in [1.82, 2.24) is 4.31 Å². The van der Waals surface area contributed by atoms with Crippen LogP contribution in [0.2, 0.25) is 0 Å². The average Bonchev–Trinajstić information content (AvgIpc) is 2.75. The number of sulfonamides is 1. The van der Waals surface area contributed by atoms with Crippen molar-refractivity contribution in [2.24, 2.45) is 5.73 Å². The molecule has 1 atom stereocenters. The van der Waals surface area contributed by atoms with E-state index in [4.69, 9.17) is 5.73 Å². The number of benzene rings is 1. The Morgan fingerprint density at radius 3 is 2.45 bits per heavy atom. The first-order valence-electron chi connectivity index (χ1n) is 6.99. The summed E-state index contributed by atoms with van der Waals surface area (Å²) in [6.07, 6.45) is 0.733. The third-order valence-electron chi connectivity index (χ3n) is 3.86. The molecule has 2 N–H and O–H groups in total. The highest BCUT2D eigenvalue weighted by Gasteiger charge is 2.32. The maximum absolute atomic E-state index is 12.8. The Morgan fingerprint density at radius 1 is 1.30 bits per heavy atom. The van der Waals surface area contributed by atoms with Crippen LogP contribution in [0.1, 0.15) is 38.3 Å². The first-order chi connectivity index (χ1) is 9.12. The van der Waals surface area contributed by atoms with Crippen molar-refractivity contribution < 1.29 is 8.42 Å². The highest BCUT2D eigenvalue weighted by molar-refractivity contribution is 7.89. The van der Waals surface area contributed by atoms with Crippen molar-refractivity contribution in [3.8, 4) is 0 Å². The summed E-state index contributed by atoms with van der Waals surface area (Å²) in [6.45, 7) is 9.03. The summed E-state index contributed by atoms with van der Waals surface area (Å²) in [5, 5.41) is 0. The molecule has 5 heteroatoms. The van der Waals surface area contributed by atoms with E-state index in [0.717, 1.165) is 17.5 Å². The van der Waals surface area contributed by atoms with E-state index in [-0.39, 0.29) is 11.5 Å². The molecule has 1 aliphatic heterocycles. The summed E-state index contributed by atoms with van der Waals surface area (Å²) in [7, 11) is -3.43. The summed E-state index contributed by atoms with van der Waals surface area (Å²) in [4.78, 5) is 0.416. The van der Waals surface area contributed by atoms with Crippen LogP contribution in [0.5, 0.6) is 0 Å². The van der Waals surface area contributed by atoms with Gasteiger partial charge < -0.3 is 5.73 Å².